The average molecular weight is 375 g/mol. The molecule has 1 aromatic heterocycles. The van der Waals surface area contributed by atoms with Crippen LogP contribution in [-0.2, 0) is 11.2 Å². The van der Waals surface area contributed by atoms with Gasteiger partial charge in [-0.3, -0.25) is 0 Å². The molecule has 0 radical (unpaired) electrons. The smallest absolute Gasteiger partial charge is 0.143 e. The Hall–Kier alpha value is -0.430. The summed E-state index contributed by atoms with van der Waals surface area (Å²) in [5.41, 5.74) is 1.14. The molecular weight excluding hydrogens is 353 g/mol. The lowest BCUT2D eigenvalue weighted by Crippen LogP contribution is -2.16. The molecule has 5 heteroatoms. The van der Waals surface area contributed by atoms with Crippen LogP contribution in [-0.4, -0.2) is 29.2 Å². The van der Waals surface area contributed by atoms with E-state index in [1.165, 1.54) is 0 Å². The molecule has 1 N–H and O–H groups in total. The number of ether oxygens (including phenoxy) is 1. The Bertz CT molecular complexity index is 431. The van der Waals surface area contributed by atoms with Crippen LogP contribution in [0.1, 0.15) is 51.0 Å². The van der Waals surface area contributed by atoms with Gasteiger partial charge in [-0.25, -0.2) is 9.97 Å². The van der Waals surface area contributed by atoms with Crippen molar-refractivity contribution in [1.29, 1.82) is 0 Å². The second-order valence-corrected chi connectivity index (χ2v) is 6.29. The quantitative estimate of drug-likeness (QED) is 0.802. The Balaban J connectivity index is 2.26. The lowest BCUT2D eigenvalue weighted by molar-refractivity contribution is 0.110. The van der Waals surface area contributed by atoms with E-state index in [4.69, 9.17) is 9.72 Å². The highest BCUT2D eigenvalue weighted by Crippen LogP contribution is 2.26. The van der Waals surface area contributed by atoms with Crippen LogP contribution in [0.15, 0.2) is 0 Å². The number of nitrogens with zero attached hydrogens (tertiary/aromatic N) is 2. The molecule has 1 aliphatic rings. The van der Waals surface area contributed by atoms with E-state index in [1.54, 1.807) is 0 Å². The van der Waals surface area contributed by atoms with E-state index in [1.807, 2.05) is 0 Å². The van der Waals surface area contributed by atoms with E-state index in [9.17, 15) is 0 Å². The Morgan fingerprint density at radius 1 is 1.42 bits per heavy atom. The zero-order valence-corrected chi connectivity index (χ0v) is 14.0. The van der Waals surface area contributed by atoms with Crippen molar-refractivity contribution in [2.45, 2.75) is 52.1 Å². The van der Waals surface area contributed by atoms with Gasteiger partial charge >= 0.3 is 0 Å². The Morgan fingerprint density at radius 2 is 2.21 bits per heavy atom. The number of nitrogens with one attached hydrogen (secondary N) is 1. The first kappa shape index (κ1) is 15.0. The maximum atomic E-state index is 5.69. The number of rotatable bonds is 5. The molecule has 1 aliphatic heterocycles. The molecule has 0 saturated carbocycles. The van der Waals surface area contributed by atoms with E-state index < -0.39 is 0 Å². The molecule has 0 bridgehead atoms. The molecular formula is C14H22IN3O. The van der Waals surface area contributed by atoms with Crippen molar-refractivity contribution in [3.05, 3.63) is 15.1 Å². The molecule has 0 aliphatic carbocycles. The molecule has 19 heavy (non-hydrogen) atoms. The van der Waals surface area contributed by atoms with Crippen molar-refractivity contribution in [2.75, 3.05) is 18.5 Å². The lowest BCUT2D eigenvalue weighted by atomic mass is 10.1. The molecule has 4 nitrogen and oxygen atoms in total. The SMILES string of the molecule is CCNc1nc(CC2CCCO2)nc(C(C)C)c1I. The van der Waals surface area contributed by atoms with Gasteiger partial charge in [0.25, 0.3) is 0 Å². The fourth-order valence-electron chi connectivity index (χ4n) is 2.28. The van der Waals surface area contributed by atoms with Crippen LogP contribution in [0.5, 0.6) is 0 Å². The van der Waals surface area contributed by atoms with Gasteiger partial charge in [0.05, 0.1) is 15.4 Å². The first-order valence-electron chi connectivity index (χ1n) is 7.03. The monoisotopic (exact) mass is 375 g/mol. The zero-order valence-electron chi connectivity index (χ0n) is 11.9. The van der Waals surface area contributed by atoms with Crippen molar-refractivity contribution < 1.29 is 4.74 Å². The Morgan fingerprint density at radius 3 is 2.79 bits per heavy atom. The van der Waals surface area contributed by atoms with Gasteiger partial charge in [0, 0.05) is 19.6 Å². The highest BCUT2D eigenvalue weighted by Gasteiger charge is 2.20. The summed E-state index contributed by atoms with van der Waals surface area (Å²) < 4.78 is 6.83. The van der Waals surface area contributed by atoms with E-state index in [2.05, 4.69) is 53.7 Å². The summed E-state index contributed by atoms with van der Waals surface area (Å²) in [5, 5.41) is 3.34. The van der Waals surface area contributed by atoms with Gasteiger partial charge in [-0.05, 0) is 48.3 Å². The minimum atomic E-state index is 0.301. The molecule has 0 aromatic carbocycles. The van der Waals surface area contributed by atoms with Gasteiger partial charge in [0.2, 0.25) is 0 Å². The van der Waals surface area contributed by atoms with Gasteiger partial charge < -0.3 is 10.1 Å². The number of halogens is 1. The molecule has 0 spiro atoms. The number of anilines is 1. The first-order valence-corrected chi connectivity index (χ1v) is 8.11. The maximum absolute atomic E-state index is 5.69. The molecule has 1 atom stereocenters. The van der Waals surface area contributed by atoms with Crippen LogP contribution in [0.25, 0.3) is 0 Å². The number of hydrogen-bond acceptors (Lipinski definition) is 4. The second-order valence-electron chi connectivity index (χ2n) is 5.21. The molecule has 1 fully saturated rings. The Labute approximate surface area is 128 Å². The second kappa shape index (κ2) is 6.83. The third-order valence-corrected chi connectivity index (χ3v) is 4.31. The maximum Gasteiger partial charge on any atom is 0.143 e. The molecule has 2 heterocycles. The van der Waals surface area contributed by atoms with Crippen LogP contribution in [0.2, 0.25) is 0 Å². The summed E-state index contributed by atoms with van der Waals surface area (Å²) in [7, 11) is 0. The van der Waals surface area contributed by atoms with Gasteiger partial charge in [-0.1, -0.05) is 13.8 Å². The molecule has 1 saturated heterocycles. The van der Waals surface area contributed by atoms with Crippen LogP contribution in [0, 0.1) is 3.57 Å². The summed E-state index contributed by atoms with van der Waals surface area (Å²) in [6, 6.07) is 0. The first-order chi connectivity index (χ1) is 9.11. The van der Waals surface area contributed by atoms with Crippen molar-refractivity contribution in [3.8, 4) is 0 Å². The summed E-state index contributed by atoms with van der Waals surface area (Å²) in [5.74, 6) is 2.29. The van der Waals surface area contributed by atoms with E-state index >= 15 is 0 Å². The van der Waals surface area contributed by atoms with E-state index in [0.29, 0.717) is 12.0 Å². The highest BCUT2D eigenvalue weighted by molar-refractivity contribution is 14.1. The Kier molecular flexibility index (Phi) is 5.38. The predicted molar refractivity (Wildman–Crippen MR) is 85.7 cm³/mol. The van der Waals surface area contributed by atoms with E-state index in [0.717, 1.165) is 53.3 Å². The molecule has 0 amide bonds. The molecule has 1 aromatic rings. The third-order valence-electron chi connectivity index (χ3n) is 3.25. The van der Waals surface area contributed by atoms with Crippen LogP contribution in [0.4, 0.5) is 5.82 Å². The normalized spacial score (nSPS) is 19.1. The van der Waals surface area contributed by atoms with Crippen LogP contribution < -0.4 is 5.32 Å². The largest absolute Gasteiger partial charge is 0.378 e. The topological polar surface area (TPSA) is 47.0 Å². The molecule has 106 valence electrons. The standard InChI is InChI=1S/C14H22IN3O/c1-4-16-14-12(15)13(9(2)3)17-11(18-14)8-10-6-5-7-19-10/h9-10H,4-8H2,1-3H3,(H,16,17,18). The van der Waals surface area contributed by atoms with Crippen molar-refractivity contribution in [2.24, 2.45) is 0 Å². The van der Waals surface area contributed by atoms with Gasteiger partial charge in [0.15, 0.2) is 0 Å². The summed E-state index contributed by atoms with van der Waals surface area (Å²) in [6.45, 7) is 8.20. The minimum absolute atomic E-state index is 0.301. The van der Waals surface area contributed by atoms with Crippen molar-refractivity contribution in [1.82, 2.24) is 9.97 Å². The predicted octanol–water partition coefficient (Wildman–Crippen LogP) is 3.36. The highest BCUT2D eigenvalue weighted by atomic mass is 127. The van der Waals surface area contributed by atoms with E-state index in [-0.39, 0.29) is 0 Å². The lowest BCUT2D eigenvalue weighted by Gasteiger charge is -2.15. The van der Waals surface area contributed by atoms with Gasteiger partial charge in [0.1, 0.15) is 11.6 Å². The van der Waals surface area contributed by atoms with Crippen molar-refractivity contribution in [3.63, 3.8) is 0 Å². The zero-order chi connectivity index (χ0) is 13.8. The average Bonchev–Trinajstić information content (AvgIpc) is 2.86. The van der Waals surface area contributed by atoms with Crippen LogP contribution >= 0.6 is 22.6 Å². The van der Waals surface area contributed by atoms with Gasteiger partial charge in [-0.2, -0.15) is 0 Å². The number of hydrogen-bond donors (Lipinski definition) is 1. The fourth-order valence-corrected chi connectivity index (χ4v) is 3.33. The van der Waals surface area contributed by atoms with Crippen molar-refractivity contribution >= 4 is 28.4 Å². The summed E-state index contributed by atoms with van der Waals surface area (Å²) >= 11 is 2.34. The molecule has 2 rings (SSSR count). The third kappa shape index (κ3) is 3.78. The van der Waals surface area contributed by atoms with Gasteiger partial charge in [-0.15, -0.1) is 0 Å². The summed E-state index contributed by atoms with van der Waals surface area (Å²) in [6.07, 6.45) is 3.42. The molecule has 1 unspecified atom stereocenters. The minimum Gasteiger partial charge on any atom is -0.378 e. The summed E-state index contributed by atoms with van der Waals surface area (Å²) in [4.78, 5) is 9.40. The number of aromatic nitrogens is 2. The van der Waals surface area contributed by atoms with Crippen LogP contribution in [0.3, 0.4) is 0 Å². The fraction of sp³-hybridized carbons (Fsp3) is 0.714.